The lowest BCUT2D eigenvalue weighted by Crippen LogP contribution is -2.31. The summed E-state index contributed by atoms with van der Waals surface area (Å²) in [5.74, 6) is -0.479. The quantitative estimate of drug-likeness (QED) is 0.362. The summed E-state index contributed by atoms with van der Waals surface area (Å²) in [6.07, 6.45) is 3.33. The highest BCUT2D eigenvalue weighted by Crippen LogP contribution is 2.03. The topological polar surface area (TPSA) is 107 Å². The lowest BCUT2D eigenvalue weighted by Gasteiger charge is -2.14. The molecule has 0 fully saturated rings. The second-order valence-electron chi connectivity index (χ2n) is 3.95. The first-order valence-corrected chi connectivity index (χ1v) is 6.51. The minimum absolute atomic E-state index is 0. The van der Waals surface area contributed by atoms with Gasteiger partial charge in [-0.05, 0) is 18.6 Å². The first-order chi connectivity index (χ1) is 10.2. The van der Waals surface area contributed by atoms with Crippen molar-refractivity contribution in [3.8, 4) is 6.07 Å². The first kappa shape index (κ1) is 19.7. The van der Waals surface area contributed by atoms with Gasteiger partial charge in [0, 0.05) is 25.5 Å². The Morgan fingerprint density at radius 1 is 1.50 bits per heavy atom. The van der Waals surface area contributed by atoms with Crippen LogP contribution in [0.4, 0.5) is 0 Å². The van der Waals surface area contributed by atoms with Gasteiger partial charge < -0.3 is 20.5 Å². The minimum atomic E-state index is -0.709. The maximum atomic E-state index is 11.7. The Morgan fingerprint density at radius 2 is 2.27 bits per heavy atom. The number of hydrogen-bond acceptors (Lipinski definition) is 7. The number of esters is 1. The fraction of sp³-hybridized carbons (Fsp3) is 0.357. The molecule has 0 spiro atoms. The number of rotatable bonds is 8. The molecule has 120 valence electrons. The molecule has 0 aliphatic rings. The Bertz CT molecular complexity index is 529. The molecule has 22 heavy (non-hydrogen) atoms. The molecule has 0 saturated carbocycles. The number of nitriles is 1. The van der Waals surface area contributed by atoms with Crippen LogP contribution in [0.5, 0.6) is 0 Å². The zero-order chi connectivity index (χ0) is 15.5. The van der Waals surface area contributed by atoms with Crippen LogP contribution in [0.3, 0.4) is 0 Å². The Balaban J connectivity index is 0.00000441. The number of ether oxygens (including phenoxy) is 1. The molecule has 1 heterocycles. The normalized spacial score (nSPS) is 10.6. The number of nitrogens with zero attached hydrogens (tertiary/aromatic N) is 2. The maximum absolute atomic E-state index is 11.7. The largest absolute Gasteiger partial charge is 0.462 e. The van der Waals surface area contributed by atoms with Crippen molar-refractivity contribution < 1.29 is 14.6 Å². The van der Waals surface area contributed by atoms with Crippen LogP contribution < -0.4 is 10.6 Å². The molecule has 0 atom stereocenters. The molecule has 0 amide bonds. The fourth-order valence-corrected chi connectivity index (χ4v) is 1.52. The van der Waals surface area contributed by atoms with Crippen LogP contribution in [0.25, 0.3) is 0 Å². The second-order valence-corrected chi connectivity index (χ2v) is 3.95. The van der Waals surface area contributed by atoms with Crippen LogP contribution >= 0.6 is 12.4 Å². The highest BCUT2D eigenvalue weighted by atomic mass is 35.5. The molecular formula is C14H19ClN4O3. The van der Waals surface area contributed by atoms with Gasteiger partial charge in [0.1, 0.15) is 11.9 Å². The van der Waals surface area contributed by atoms with E-state index in [1.807, 2.05) is 12.1 Å². The van der Waals surface area contributed by atoms with E-state index in [1.54, 1.807) is 25.4 Å². The van der Waals surface area contributed by atoms with Crippen molar-refractivity contribution in [2.75, 3.05) is 19.8 Å². The number of halogens is 1. The number of aromatic nitrogens is 1. The molecule has 0 unspecified atom stereocenters. The molecule has 0 saturated heterocycles. The van der Waals surface area contributed by atoms with E-state index in [-0.39, 0.29) is 43.6 Å². The lowest BCUT2D eigenvalue weighted by atomic mass is 10.2. The van der Waals surface area contributed by atoms with Crippen LogP contribution in [-0.4, -0.2) is 35.8 Å². The van der Waals surface area contributed by atoms with E-state index < -0.39 is 5.97 Å². The third kappa shape index (κ3) is 6.43. The summed E-state index contributed by atoms with van der Waals surface area (Å²) in [7, 11) is 0. The summed E-state index contributed by atoms with van der Waals surface area (Å²) >= 11 is 0. The molecule has 1 rings (SSSR count). The number of carbonyl (C=O) groups excluding carboxylic acids is 1. The van der Waals surface area contributed by atoms with E-state index in [0.29, 0.717) is 6.54 Å². The van der Waals surface area contributed by atoms with E-state index in [2.05, 4.69) is 15.6 Å². The molecule has 3 N–H and O–H groups in total. The average molecular weight is 327 g/mol. The predicted octanol–water partition coefficient (Wildman–Crippen LogP) is 0.473. The number of aliphatic hydroxyl groups excluding tert-OH is 1. The van der Waals surface area contributed by atoms with Gasteiger partial charge in [-0.3, -0.25) is 4.98 Å². The van der Waals surface area contributed by atoms with Crippen LogP contribution in [-0.2, 0) is 16.1 Å². The summed E-state index contributed by atoms with van der Waals surface area (Å²) in [5.41, 5.74) is 0.733. The first-order valence-electron chi connectivity index (χ1n) is 6.51. The van der Waals surface area contributed by atoms with Gasteiger partial charge in [-0.15, -0.1) is 12.4 Å². The van der Waals surface area contributed by atoms with E-state index >= 15 is 0 Å². The Hall–Kier alpha value is -2.30. The van der Waals surface area contributed by atoms with Gasteiger partial charge in [0.15, 0.2) is 5.57 Å². The SMILES string of the molecule is CCOC(=O)C(C#N)=C(NCCO)NCc1cccnc1.Cl. The highest BCUT2D eigenvalue weighted by molar-refractivity contribution is 5.93. The Morgan fingerprint density at radius 3 is 2.82 bits per heavy atom. The average Bonchev–Trinajstić information content (AvgIpc) is 2.51. The smallest absolute Gasteiger partial charge is 0.352 e. The molecule has 1 aromatic heterocycles. The van der Waals surface area contributed by atoms with Gasteiger partial charge in [0.05, 0.1) is 13.2 Å². The third-order valence-electron chi connectivity index (χ3n) is 2.45. The van der Waals surface area contributed by atoms with Gasteiger partial charge >= 0.3 is 5.97 Å². The van der Waals surface area contributed by atoms with Crippen molar-refractivity contribution in [1.82, 2.24) is 15.6 Å². The Labute approximate surface area is 135 Å². The van der Waals surface area contributed by atoms with Crippen LogP contribution in [0.1, 0.15) is 12.5 Å². The van der Waals surface area contributed by atoms with Gasteiger partial charge in [-0.2, -0.15) is 5.26 Å². The van der Waals surface area contributed by atoms with Crippen molar-refractivity contribution in [2.45, 2.75) is 13.5 Å². The second kappa shape index (κ2) is 11.4. The molecule has 0 bridgehead atoms. The molecule has 0 aromatic carbocycles. The Kier molecular flexibility index (Phi) is 10.2. The number of carbonyl (C=O) groups is 1. The fourth-order valence-electron chi connectivity index (χ4n) is 1.52. The standard InChI is InChI=1S/C14H18N4O3.ClH/c1-2-21-14(20)12(8-15)13(17-6-7-19)18-10-11-4-3-5-16-9-11;/h3-5,9,17-19H,2,6-7,10H2,1H3;1H. The van der Waals surface area contributed by atoms with Gasteiger partial charge in [0.2, 0.25) is 0 Å². The zero-order valence-electron chi connectivity index (χ0n) is 12.2. The zero-order valence-corrected chi connectivity index (χ0v) is 13.0. The summed E-state index contributed by atoms with van der Waals surface area (Å²) in [5, 5.41) is 23.8. The summed E-state index contributed by atoms with van der Waals surface area (Å²) in [6.45, 7) is 2.31. The number of aliphatic hydroxyl groups is 1. The van der Waals surface area contributed by atoms with Crippen molar-refractivity contribution in [3.05, 3.63) is 41.5 Å². The third-order valence-corrected chi connectivity index (χ3v) is 2.45. The molecule has 7 nitrogen and oxygen atoms in total. The molecular weight excluding hydrogens is 308 g/mol. The summed E-state index contributed by atoms with van der Waals surface area (Å²) in [6, 6.07) is 5.47. The van der Waals surface area contributed by atoms with Crippen molar-refractivity contribution >= 4 is 18.4 Å². The van der Waals surface area contributed by atoms with Gasteiger partial charge in [0.25, 0.3) is 0 Å². The number of pyridine rings is 1. The molecule has 8 heteroatoms. The molecule has 0 aliphatic heterocycles. The number of hydrogen-bond donors (Lipinski definition) is 3. The van der Waals surface area contributed by atoms with E-state index in [9.17, 15) is 4.79 Å². The van der Waals surface area contributed by atoms with Crippen molar-refractivity contribution in [2.24, 2.45) is 0 Å². The minimum Gasteiger partial charge on any atom is -0.462 e. The van der Waals surface area contributed by atoms with Gasteiger partial charge in [-0.25, -0.2) is 4.79 Å². The van der Waals surface area contributed by atoms with E-state index in [4.69, 9.17) is 15.1 Å². The van der Waals surface area contributed by atoms with Crippen LogP contribution in [0, 0.1) is 11.3 Å². The monoisotopic (exact) mass is 326 g/mol. The predicted molar refractivity (Wildman–Crippen MR) is 82.7 cm³/mol. The van der Waals surface area contributed by atoms with Gasteiger partial charge in [-0.1, -0.05) is 6.07 Å². The highest BCUT2D eigenvalue weighted by Gasteiger charge is 2.16. The van der Waals surface area contributed by atoms with E-state index in [1.165, 1.54) is 0 Å². The van der Waals surface area contributed by atoms with Crippen LogP contribution in [0.2, 0.25) is 0 Å². The number of nitrogens with one attached hydrogen (secondary N) is 2. The molecule has 0 radical (unpaired) electrons. The lowest BCUT2D eigenvalue weighted by molar-refractivity contribution is -0.138. The summed E-state index contributed by atoms with van der Waals surface area (Å²) in [4.78, 5) is 15.7. The maximum Gasteiger partial charge on any atom is 0.352 e. The summed E-state index contributed by atoms with van der Waals surface area (Å²) < 4.78 is 4.83. The van der Waals surface area contributed by atoms with Crippen molar-refractivity contribution in [1.29, 1.82) is 5.26 Å². The molecule has 0 aliphatic carbocycles. The van der Waals surface area contributed by atoms with Crippen molar-refractivity contribution in [3.63, 3.8) is 0 Å². The van der Waals surface area contributed by atoms with E-state index in [0.717, 1.165) is 5.56 Å². The molecule has 1 aromatic rings. The van der Waals surface area contributed by atoms with Crippen LogP contribution in [0.15, 0.2) is 35.9 Å².